The summed E-state index contributed by atoms with van der Waals surface area (Å²) in [6.45, 7) is 2.73. The molecule has 1 aromatic heterocycles. The predicted molar refractivity (Wildman–Crippen MR) is 116 cm³/mol. The van der Waals surface area contributed by atoms with Crippen LogP contribution in [-0.2, 0) is 13.1 Å². The first-order chi connectivity index (χ1) is 14.3. The number of anilines is 2. The lowest BCUT2D eigenvalue weighted by molar-refractivity contribution is 0.239. The Kier molecular flexibility index (Phi) is 4.90. The van der Waals surface area contributed by atoms with Crippen LogP contribution in [0.15, 0.2) is 60.9 Å². The highest BCUT2D eigenvalue weighted by Crippen LogP contribution is 2.34. The van der Waals surface area contributed by atoms with Crippen LogP contribution in [0.2, 0.25) is 0 Å². The van der Waals surface area contributed by atoms with Crippen molar-refractivity contribution in [3.05, 3.63) is 72.1 Å². The van der Waals surface area contributed by atoms with Crippen LogP contribution in [0.1, 0.15) is 30.4 Å². The average Bonchev–Trinajstić information content (AvgIpc) is 2.96. The summed E-state index contributed by atoms with van der Waals surface area (Å²) in [6.07, 6.45) is 4.98. The molecule has 1 fully saturated rings. The number of hydrogen-bond donors (Lipinski definition) is 1. The van der Waals surface area contributed by atoms with Gasteiger partial charge in [-0.2, -0.15) is 0 Å². The molecule has 1 atom stereocenters. The van der Waals surface area contributed by atoms with E-state index in [-0.39, 0.29) is 12.6 Å². The van der Waals surface area contributed by atoms with Gasteiger partial charge in [0.05, 0.1) is 12.6 Å². The molecule has 0 radical (unpaired) electrons. The SMILES string of the molecule is OCC1CCCCN1c1cc(N2Cc3ccccc3-c3ccccc3C2)ncn1. The predicted octanol–water partition coefficient (Wildman–Crippen LogP) is 4.02. The number of piperidine rings is 1. The topological polar surface area (TPSA) is 52.5 Å². The van der Waals surface area contributed by atoms with E-state index in [0.717, 1.165) is 44.1 Å². The van der Waals surface area contributed by atoms with E-state index in [1.54, 1.807) is 6.33 Å². The highest BCUT2D eigenvalue weighted by Gasteiger charge is 2.25. The fourth-order valence-corrected chi connectivity index (χ4v) is 4.63. The summed E-state index contributed by atoms with van der Waals surface area (Å²) in [4.78, 5) is 13.7. The second-order valence-electron chi connectivity index (χ2n) is 7.93. The van der Waals surface area contributed by atoms with E-state index < -0.39 is 0 Å². The highest BCUT2D eigenvalue weighted by molar-refractivity contribution is 5.73. The van der Waals surface area contributed by atoms with Gasteiger partial charge in [-0.25, -0.2) is 9.97 Å². The molecule has 0 spiro atoms. The molecule has 0 bridgehead atoms. The molecule has 0 amide bonds. The van der Waals surface area contributed by atoms with Crippen molar-refractivity contribution in [3.63, 3.8) is 0 Å². The molecule has 0 aliphatic carbocycles. The van der Waals surface area contributed by atoms with E-state index in [2.05, 4.69) is 74.4 Å². The smallest absolute Gasteiger partial charge is 0.134 e. The van der Waals surface area contributed by atoms with Crippen LogP contribution in [0, 0.1) is 0 Å². The molecule has 2 aliphatic rings. The maximum absolute atomic E-state index is 9.80. The number of nitrogens with zero attached hydrogens (tertiary/aromatic N) is 4. The summed E-state index contributed by atoms with van der Waals surface area (Å²) in [7, 11) is 0. The van der Waals surface area contributed by atoms with Gasteiger partial charge < -0.3 is 14.9 Å². The van der Waals surface area contributed by atoms with Crippen LogP contribution in [-0.4, -0.2) is 34.3 Å². The Bertz CT molecular complexity index is 958. The van der Waals surface area contributed by atoms with E-state index in [0.29, 0.717) is 0 Å². The standard InChI is InChI=1S/C24H26N4O/c29-16-20-9-5-6-12-28(20)24-13-23(25-17-26-24)27-14-18-7-1-3-10-21(18)22-11-4-2-8-19(22)15-27/h1-4,7-8,10-11,13,17,20,29H,5-6,9,12,14-16H2. The summed E-state index contributed by atoms with van der Waals surface area (Å²) in [6, 6.07) is 19.5. The first kappa shape index (κ1) is 18.1. The third kappa shape index (κ3) is 3.47. The number of aliphatic hydroxyl groups is 1. The van der Waals surface area contributed by atoms with E-state index in [4.69, 9.17) is 0 Å². The quantitative estimate of drug-likeness (QED) is 0.737. The Morgan fingerprint density at radius 3 is 2.21 bits per heavy atom. The lowest BCUT2D eigenvalue weighted by atomic mass is 9.97. The molecule has 1 N–H and O–H groups in total. The minimum atomic E-state index is 0.150. The molecule has 2 aliphatic heterocycles. The van der Waals surface area contributed by atoms with Gasteiger partial charge in [0.1, 0.15) is 18.0 Å². The fourth-order valence-electron chi connectivity index (χ4n) is 4.63. The minimum absolute atomic E-state index is 0.150. The number of benzene rings is 2. The molecule has 2 aromatic carbocycles. The lowest BCUT2D eigenvalue weighted by Gasteiger charge is -2.36. The minimum Gasteiger partial charge on any atom is -0.394 e. The summed E-state index contributed by atoms with van der Waals surface area (Å²) in [5.41, 5.74) is 5.22. The van der Waals surface area contributed by atoms with Gasteiger partial charge in [-0.05, 0) is 41.5 Å². The van der Waals surface area contributed by atoms with Crippen molar-refractivity contribution in [2.24, 2.45) is 0 Å². The van der Waals surface area contributed by atoms with Crippen molar-refractivity contribution < 1.29 is 5.11 Å². The zero-order chi connectivity index (χ0) is 19.6. The molecule has 3 heterocycles. The van der Waals surface area contributed by atoms with Crippen molar-refractivity contribution in [2.75, 3.05) is 23.0 Å². The molecule has 5 nitrogen and oxygen atoms in total. The van der Waals surface area contributed by atoms with Crippen LogP contribution in [0.4, 0.5) is 11.6 Å². The summed E-state index contributed by atoms with van der Waals surface area (Å²) < 4.78 is 0. The van der Waals surface area contributed by atoms with Gasteiger partial charge in [-0.15, -0.1) is 0 Å². The highest BCUT2D eigenvalue weighted by atomic mass is 16.3. The molecule has 0 saturated carbocycles. The van der Waals surface area contributed by atoms with Crippen molar-refractivity contribution in [1.29, 1.82) is 0 Å². The van der Waals surface area contributed by atoms with E-state index in [1.165, 1.54) is 28.7 Å². The van der Waals surface area contributed by atoms with Gasteiger partial charge in [0, 0.05) is 25.7 Å². The second kappa shape index (κ2) is 7.84. The van der Waals surface area contributed by atoms with Gasteiger partial charge in [-0.1, -0.05) is 48.5 Å². The Labute approximate surface area is 171 Å². The number of aromatic nitrogens is 2. The summed E-state index contributed by atoms with van der Waals surface area (Å²) in [5, 5.41) is 9.80. The van der Waals surface area contributed by atoms with Gasteiger partial charge in [0.2, 0.25) is 0 Å². The Morgan fingerprint density at radius 1 is 0.862 bits per heavy atom. The third-order valence-electron chi connectivity index (χ3n) is 6.14. The Hall–Kier alpha value is -2.92. The molecule has 1 saturated heterocycles. The number of fused-ring (bicyclic) bond motifs is 3. The summed E-state index contributed by atoms with van der Waals surface area (Å²) in [5.74, 6) is 1.85. The molecule has 3 aromatic rings. The average molecular weight is 386 g/mol. The molecular weight excluding hydrogens is 360 g/mol. The first-order valence-electron chi connectivity index (χ1n) is 10.4. The van der Waals surface area contributed by atoms with Crippen LogP contribution < -0.4 is 9.80 Å². The number of hydrogen-bond acceptors (Lipinski definition) is 5. The summed E-state index contributed by atoms with van der Waals surface area (Å²) >= 11 is 0. The second-order valence-corrected chi connectivity index (χ2v) is 7.93. The van der Waals surface area contributed by atoms with Crippen LogP contribution in [0.3, 0.4) is 0 Å². The Balaban J connectivity index is 1.52. The molecule has 29 heavy (non-hydrogen) atoms. The third-order valence-corrected chi connectivity index (χ3v) is 6.14. The lowest BCUT2D eigenvalue weighted by Crippen LogP contribution is -2.42. The number of aliphatic hydroxyl groups excluding tert-OH is 1. The van der Waals surface area contributed by atoms with Gasteiger partial charge >= 0.3 is 0 Å². The largest absolute Gasteiger partial charge is 0.394 e. The monoisotopic (exact) mass is 386 g/mol. The van der Waals surface area contributed by atoms with Gasteiger partial charge in [0.25, 0.3) is 0 Å². The fraction of sp³-hybridized carbons (Fsp3) is 0.333. The zero-order valence-corrected chi connectivity index (χ0v) is 16.5. The number of rotatable bonds is 3. The molecule has 1 unspecified atom stereocenters. The Morgan fingerprint density at radius 2 is 1.52 bits per heavy atom. The van der Waals surface area contributed by atoms with E-state index in [9.17, 15) is 5.11 Å². The van der Waals surface area contributed by atoms with Crippen molar-refractivity contribution in [1.82, 2.24) is 9.97 Å². The van der Waals surface area contributed by atoms with Gasteiger partial charge in [0.15, 0.2) is 0 Å². The molecule has 5 heteroatoms. The van der Waals surface area contributed by atoms with Crippen molar-refractivity contribution in [3.8, 4) is 11.1 Å². The van der Waals surface area contributed by atoms with Gasteiger partial charge in [-0.3, -0.25) is 0 Å². The molecule has 148 valence electrons. The van der Waals surface area contributed by atoms with Crippen molar-refractivity contribution in [2.45, 2.75) is 38.4 Å². The molecule has 5 rings (SSSR count). The van der Waals surface area contributed by atoms with E-state index in [1.807, 2.05) is 0 Å². The van der Waals surface area contributed by atoms with E-state index >= 15 is 0 Å². The molecular formula is C24H26N4O. The van der Waals surface area contributed by atoms with Crippen molar-refractivity contribution >= 4 is 11.6 Å². The zero-order valence-electron chi connectivity index (χ0n) is 16.5. The normalized spacial score (nSPS) is 18.7. The van der Waals surface area contributed by atoms with Crippen LogP contribution in [0.5, 0.6) is 0 Å². The first-order valence-corrected chi connectivity index (χ1v) is 10.4. The maximum atomic E-state index is 9.80. The maximum Gasteiger partial charge on any atom is 0.134 e. The van der Waals surface area contributed by atoms with Crippen LogP contribution >= 0.6 is 0 Å². The van der Waals surface area contributed by atoms with Crippen LogP contribution in [0.25, 0.3) is 11.1 Å².